The predicted molar refractivity (Wildman–Crippen MR) is 163 cm³/mol. The minimum Gasteiger partial charge on any atom is -0.504 e. The Labute approximate surface area is 251 Å². The fourth-order valence-corrected chi connectivity index (χ4v) is 9.79. The number of esters is 1. The maximum absolute atomic E-state index is 13.6. The zero-order valence-electron chi connectivity index (χ0n) is 26.4. The van der Waals surface area contributed by atoms with Crippen molar-refractivity contribution in [1.82, 2.24) is 9.78 Å². The molecule has 0 saturated heterocycles. The highest BCUT2D eigenvalue weighted by Gasteiger charge is 2.67. The first kappa shape index (κ1) is 29.2. The van der Waals surface area contributed by atoms with Crippen molar-refractivity contribution in [1.29, 1.82) is 0 Å². The summed E-state index contributed by atoms with van der Waals surface area (Å²) in [6.45, 7) is 15.1. The molecular formula is C36H48N2O4. The number of aliphatic hydroxyl groups is 1. The number of aryl methyl sites for hydroxylation is 1. The third-order valence-corrected chi connectivity index (χ3v) is 12.9. The number of nitrogens with zero attached hydrogens (tertiary/aromatic N) is 2. The molecule has 0 radical (unpaired) electrons. The molecule has 3 saturated carbocycles. The van der Waals surface area contributed by atoms with E-state index in [9.17, 15) is 14.7 Å². The van der Waals surface area contributed by atoms with Crippen molar-refractivity contribution >= 4 is 11.8 Å². The Bertz CT molecular complexity index is 1430. The lowest BCUT2D eigenvalue weighted by atomic mass is 9.34. The van der Waals surface area contributed by atoms with Crippen molar-refractivity contribution in [2.45, 2.75) is 106 Å². The Morgan fingerprint density at radius 3 is 2.55 bits per heavy atom. The monoisotopic (exact) mass is 572 g/mol. The molecule has 1 N–H and O–H groups in total. The average Bonchev–Trinajstić information content (AvgIpc) is 3.48. The molecule has 226 valence electrons. The molecule has 0 amide bonds. The van der Waals surface area contributed by atoms with E-state index >= 15 is 0 Å². The summed E-state index contributed by atoms with van der Waals surface area (Å²) in [4.78, 5) is 26.4. The number of hydrogen-bond donors (Lipinski definition) is 1. The van der Waals surface area contributed by atoms with Crippen LogP contribution in [0.4, 0.5) is 0 Å². The van der Waals surface area contributed by atoms with Gasteiger partial charge in [0.1, 0.15) is 0 Å². The van der Waals surface area contributed by atoms with Crippen molar-refractivity contribution in [2.75, 3.05) is 6.61 Å². The molecular weight excluding hydrogens is 524 g/mol. The van der Waals surface area contributed by atoms with Gasteiger partial charge in [0.25, 0.3) is 0 Å². The SMILES string of the molecule is CC1=C(O)C(=O)C=C2C1=CC=C1[C@@]2(C)CC[C@@]2(C)[C@@H]3C[C@](C)(C(=O)OCCCCn4cccn4)CC[C@]3(C)CC[C@]12C. The predicted octanol–water partition coefficient (Wildman–Crippen LogP) is 7.83. The molecule has 42 heavy (non-hydrogen) atoms. The molecule has 1 aromatic heterocycles. The topological polar surface area (TPSA) is 81.4 Å². The highest BCUT2D eigenvalue weighted by Crippen LogP contribution is 2.75. The third-order valence-electron chi connectivity index (χ3n) is 12.9. The van der Waals surface area contributed by atoms with Gasteiger partial charge in [-0.3, -0.25) is 14.3 Å². The van der Waals surface area contributed by atoms with Gasteiger partial charge in [-0.25, -0.2) is 0 Å². The first-order valence-electron chi connectivity index (χ1n) is 16.0. The lowest BCUT2D eigenvalue weighted by Crippen LogP contribution is -2.62. The van der Waals surface area contributed by atoms with E-state index in [1.807, 2.05) is 23.9 Å². The first-order chi connectivity index (χ1) is 19.8. The van der Waals surface area contributed by atoms with Crippen LogP contribution in [0.25, 0.3) is 0 Å². The van der Waals surface area contributed by atoms with Crippen molar-refractivity contribution < 1.29 is 19.4 Å². The summed E-state index contributed by atoms with van der Waals surface area (Å²) < 4.78 is 7.87. The number of allylic oxidation sites excluding steroid dienone is 7. The van der Waals surface area contributed by atoms with Crippen LogP contribution < -0.4 is 0 Å². The Morgan fingerprint density at radius 1 is 1.05 bits per heavy atom. The molecule has 6 nitrogen and oxygen atoms in total. The lowest BCUT2D eigenvalue weighted by Gasteiger charge is -2.70. The Hall–Kier alpha value is -2.89. The smallest absolute Gasteiger partial charge is 0.311 e. The van der Waals surface area contributed by atoms with Crippen molar-refractivity contribution in [3.8, 4) is 0 Å². The molecule has 1 aromatic rings. The van der Waals surface area contributed by atoms with E-state index in [-0.39, 0.29) is 39.2 Å². The number of aromatic nitrogens is 2. The second kappa shape index (κ2) is 9.82. The molecule has 5 aliphatic carbocycles. The second-order valence-electron chi connectivity index (χ2n) is 15.2. The van der Waals surface area contributed by atoms with Gasteiger partial charge in [-0.1, -0.05) is 45.4 Å². The quantitative estimate of drug-likeness (QED) is 0.277. The number of carbonyl (C=O) groups excluding carboxylic acids is 2. The van der Waals surface area contributed by atoms with E-state index in [4.69, 9.17) is 4.74 Å². The fourth-order valence-electron chi connectivity index (χ4n) is 9.79. The summed E-state index contributed by atoms with van der Waals surface area (Å²) in [5.74, 6) is -0.0345. The molecule has 3 fully saturated rings. The van der Waals surface area contributed by atoms with Gasteiger partial charge in [-0.2, -0.15) is 5.10 Å². The maximum Gasteiger partial charge on any atom is 0.311 e. The number of hydrogen-bond acceptors (Lipinski definition) is 5. The van der Waals surface area contributed by atoms with Crippen LogP contribution in [0.1, 0.15) is 99.3 Å². The minimum absolute atomic E-state index is 0.0225. The number of carbonyl (C=O) groups is 2. The molecule has 5 aliphatic rings. The van der Waals surface area contributed by atoms with Crippen molar-refractivity contribution in [3.05, 3.63) is 64.7 Å². The zero-order chi connectivity index (χ0) is 30.1. The van der Waals surface area contributed by atoms with Crippen LogP contribution in [-0.4, -0.2) is 33.2 Å². The minimum atomic E-state index is -0.472. The van der Waals surface area contributed by atoms with E-state index in [1.165, 1.54) is 5.57 Å². The number of rotatable bonds is 6. The molecule has 0 aromatic carbocycles. The number of aliphatic hydroxyl groups excluding tert-OH is 1. The van der Waals surface area contributed by atoms with Crippen LogP contribution >= 0.6 is 0 Å². The molecule has 6 heteroatoms. The third kappa shape index (κ3) is 4.14. The molecule has 6 atom stereocenters. The van der Waals surface area contributed by atoms with Crippen molar-refractivity contribution in [3.63, 3.8) is 0 Å². The lowest BCUT2D eigenvalue weighted by molar-refractivity contribution is -0.182. The summed E-state index contributed by atoms with van der Waals surface area (Å²) in [7, 11) is 0. The van der Waals surface area contributed by atoms with E-state index in [2.05, 4.69) is 51.9 Å². The standard InChI is InChI=1S/C36H48N2O4/c1-24-25-10-11-28-34(4,26(25)22-27(39)30(24)40)15-17-36(6)29-23-33(3,13-12-32(29,2)14-16-35(28,36)5)31(41)42-21-8-7-19-38-20-9-18-37-38/h9-11,18,20,22,29,40H,7-8,12-17,19,21,23H2,1-6H3/t29-,32-,33-,34+,35-,36+/m1/s1. The molecule has 0 spiro atoms. The van der Waals surface area contributed by atoms with Crippen LogP contribution in [0, 0.1) is 33.0 Å². The van der Waals surface area contributed by atoms with Crippen LogP contribution in [0.15, 0.2) is 64.7 Å². The van der Waals surface area contributed by atoms with E-state index < -0.39 is 5.41 Å². The zero-order valence-corrected chi connectivity index (χ0v) is 26.4. The highest BCUT2D eigenvalue weighted by atomic mass is 16.5. The van der Waals surface area contributed by atoms with Gasteiger partial charge >= 0.3 is 5.97 Å². The normalized spacial score (nSPS) is 39.2. The fraction of sp³-hybridized carbons (Fsp3) is 0.639. The summed E-state index contributed by atoms with van der Waals surface area (Å²) in [5, 5.41) is 14.7. The Balaban J connectivity index is 1.24. The van der Waals surface area contributed by atoms with Gasteiger partial charge in [-0.05, 0) is 117 Å². The van der Waals surface area contributed by atoms with E-state index in [1.54, 1.807) is 12.3 Å². The molecule has 1 heterocycles. The molecule has 0 unspecified atom stereocenters. The van der Waals surface area contributed by atoms with Crippen LogP contribution in [0.5, 0.6) is 0 Å². The number of ketones is 1. The average molecular weight is 573 g/mol. The number of unbranched alkanes of at least 4 members (excludes halogenated alkanes) is 1. The van der Waals surface area contributed by atoms with Gasteiger partial charge < -0.3 is 9.84 Å². The Morgan fingerprint density at radius 2 is 1.81 bits per heavy atom. The van der Waals surface area contributed by atoms with Gasteiger partial charge in [0, 0.05) is 29.9 Å². The number of ether oxygens (including phenoxy) is 1. The van der Waals surface area contributed by atoms with Gasteiger partial charge in [-0.15, -0.1) is 0 Å². The first-order valence-corrected chi connectivity index (χ1v) is 16.0. The molecule has 0 bridgehead atoms. The van der Waals surface area contributed by atoms with Gasteiger partial charge in [0.05, 0.1) is 12.0 Å². The van der Waals surface area contributed by atoms with E-state index in [0.29, 0.717) is 18.1 Å². The van der Waals surface area contributed by atoms with Gasteiger partial charge in [0.2, 0.25) is 5.78 Å². The summed E-state index contributed by atoms with van der Waals surface area (Å²) in [6.07, 6.45) is 18.7. The largest absolute Gasteiger partial charge is 0.504 e. The summed E-state index contributed by atoms with van der Waals surface area (Å²) >= 11 is 0. The summed E-state index contributed by atoms with van der Waals surface area (Å²) in [5.41, 5.74) is 3.65. The summed E-state index contributed by atoms with van der Waals surface area (Å²) in [6, 6.07) is 1.93. The molecule has 6 rings (SSSR count). The van der Waals surface area contributed by atoms with E-state index in [0.717, 1.165) is 75.5 Å². The second-order valence-corrected chi connectivity index (χ2v) is 15.2. The van der Waals surface area contributed by atoms with Gasteiger partial charge in [0.15, 0.2) is 5.76 Å². The highest BCUT2D eigenvalue weighted by molar-refractivity contribution is 6.06. The molecule has 0 aliphatic heterocycles. The van der Waals surface area contributed by atoms with Crippen LogP contribution in [0.3, 0.4) is 0 Å². The van der Waals surface area contributed by atoms with Crippen LogP contribution in [-0.2, 0) is 20.9 Å². The van der Waals surface area contributed by atoms with Crippen molar-refractivity contribution in [2.24, 2.45) is 33.0 Å². The maximum atomic E-state index is 13.6. The number of fused-ring (bicyclic) bond motifs is 7. The Kier molecular flexibility index (Phi) is 6.83. The van der Waals surface area contributed by atoms with Crippen LogP contribution in [0.2, 0.25) is 0 Å².